The third-order valence-electron chi connectivity index (χ3n) is 5.41. The number of benzene rings is 2. The van der Waals surface area contributed by atoms with E-state index in [0.717, 1.165) is 43.6 Å². The van der Waals surface area contributed by atoms with Gasteiger partial charge in [0, 0.05) is 18.8 Å². The Morgan fingerprint density at radius 2 is 2.14 bits per heavy atom. The highest BCUT2D eigenvalue weighted by atomic mass is 16.5. The number of amides is 1. The van der Waals surface area contributed by atoms with Crippen LogP contribution in [0.25, 0.3) is 0 Å². The summed E-state index contributed by atoms with van der Waals surface area (Å²) >= 11 is 0. The molecule has 1 amide bonds. The van der Waals surface area contributed by atoms with E-state index in [1.807, 2.05) is 25.1 Å². The summed E-state index contributed by atoms with van der Waals surface area (Å²) in [5, 5.41) is 12.6. The lowest BCUT2D eigenvalue weighted by Gasteiger charge is -2.27. The van der Waals surface area contributed by atoms with Gasteiger partial charge in [-0.15, -0.1) is 0 Å². The van der Waals surface area contributed by atoms with E-state index in [9.17, 15) is 10.1 Å². The first-order valence-corrected chi connectivity index (χ1v) is 10.4. The summed E-state index contributed by atoms with van der Waals surface area (Å²) < 4.78 is 5.93. The Labute approximate surface area is 173 Å². The minimum absolute atomic E-state index is 0.233. The first kappa shape index (κ1) is 20.9. The Morgan fingerprint density at radius 3 is 2.86 bits per heavy atom. The molecule has 0 saturated carbocycles. The molecule has 2 aromatic carbocycles. The average Bonchev–Trinajstić information content (AvgIpc) is 2.73. The van der Waals surface area contributed by atoms with Crippen molar-refractivity contribution in [1.82, 2.24) is 4.90 Å². The number of hydrogen-bond acceptors (Lipinski definition) is 4. The smallest absolute Gasteiger partial charge is 0.259 e. The van der Waals surface area contributed by atoms with Gasteiger partial charge in [0.1, 0.15) is 5.75 Å². The number of aryl methyl sites for hydroxylation is 1. The molecule has 1 N–H and O–H groups in total. The summed E-state index contributed by atoms with van der Waals surface area (Å²) in [6, 6.07) is 11.8. The Balaban J connectivity index is 1.92. The molecule has 29 heavy (non-hydrogen) atoms. The SMILES string of the molecule is CCCCOc1cc(CC)c(C#N)cc1C(=O)Nc1cccc2c1CCN(C)C2. The fourth-order valence-electron chi connectivity index (χ4n) is 3.70. The van der Waals surface area contributed by atoms with Crippen molar-refractivity contribution < 1.29 is 9.53 Å². The normalized spacial score (nSPS) is 13.4. The van der Waals surface area contributed by atoms with Crippen LogP contribution in [0.5, 0.6) is 5.75 Å². The monoisotopic (exact) mass is 391 g/mol. The number of rotatable bonds is 7. The standard InChI is InChI=1S/C24H29N3O2/c1-4-6-12-29-23-14-17(5-2)19(15-25)13-21(23)24(28)26-22-9-7-8-18-16-27(3)11-10-20(18)22/h7-9,13-14H,4-6,10-12,16H2,1-3H3,(H,26,28). The lowest BCUT2D eigenvalue weighted by Crippen LogP contribution is -2.27. The molecular weight excluding hydrogens is 362 g/mol. The Bertz CT molecular complexity index is 930. The molecule has 0 fully saturated rings. The van der Waals surface area contributed by atoms with Crippen LogP contribution in [0.2, 0.25) is 0 Å². The van der Waals surface area contributed by atoms with Crippen molar-refractivity contribution >= 4 is 11.6 Å². The largest absolute Gasteiger partial charge is 0.493 e. The molecule has 0 atom stereocenters. The lowest BCUT2D eigenvalue weighted by molar-refractivity contribution is 0.102. The maximum Gasteiger partial charge on any atom is 0.259 e. The fourth-order valence-corrected chi connectivity index (χ4v) is 3.70. The second-order valence-electron chi connectivity index (χ2n) is 7.56. The van der Waals surface area contributed by atoms with Crippen molar-refractivity contribution in [3.8, 4) is 11.8 Å². The predicted octanol–water partition coefficient (Wildman–Crippen LogP) is 4.54. The molecule has 3 rings (SSSR count). The van der Waals surface area contributed by atoms with Crippen LogP contribution in [0.15, 0.2) is 30.3 Å². The number of hydrogen-bond donors (Lipinski definition) is 1. The molecule has 152 valence electrons. The molecule has 5 nitrogen and oxygen atoms in total. The zero-order valence-corrected chi connectivity index (χ0v) is 17.5. The molecule has 1 aliphatic heterocycles. The van der Waals surface area contributed by atoms with Crippen LogP contribution >= 0.6 is 0 Å². The molecule has 0 aliphatic carbocycles. The van der Waals surface area contributed by atoms with Crippen molar-refractivity contribution in [3.63, 3.8) is 0 Å². The van der Waals surface area contributed by atoms with Crippen LogP contribution in [0.3, 0.4) is 0 Å². The van der Waals surface area contributed by atoms with E-state index in [1.54, 1.807) is 6.07 Å². The van der Waals surface area contributed by atoms with Crippen LogP contribution in [0.4, 0.5) is 5.69 Å². The summed E-state index contributed by atoms with van der Waals surface area (Å²) in [7, 11) is 2.10. The van der Waals surface area contributed by atoms with E-state index in [-0.39, 0.29) is 5.91 Å². The van der Waals surface area contributed by atoms with Gasteiger partial charge < -0.3 is 15.0 Å². The van der Waals surface area contributed by atoms with Crippen molar-refractivity contribution in [1.29, 1.82) is 5.26 Å². The van der Waals surface area contributed by atoms with Crippen LogP contribution in [0.1, 0.15) is 59.3 Å². The molecule has 5 heteroatoms. The molecule has 0 spiro atoms. The second-order valence-corrected chi connectivity index (χ2v) is 7.56. The summed E-state index contributed by atoms with van der Waals surface area (Å²) in [6.45, 7) is 6.50. The molecule has 1 aliphatic rings. The molecule has 0 saturated heterocycles. The van der Waals surface area contributed by atoms with Gasteiger partial charge in [-0.3, -0.25) is 4.79 Å². The zero-order chi connectivity index (χ0) is 20.8. The molecular formula is C24H29N3O2. The number of carbonyl (C=O) groups is 1. The highest BCUT2D eigenvalue weighted by Gasteiger charge is 2.20. The number of likely N-dealkylation sites (N-methyl/N-ethyl adjacent to an activating group) is 1. The number of unbranched alkanes of at least 4 members (excludes halogenated alkanes) is 1. The van der Waals surface area contributed by atoms with E-state index < -0.39 is 0 Å². The van der Waals surface area contributed by atoms with Gasteiger partial charge in [-0.1, -0.05) is 32.4 Å². The van der Waals surface area contributed by atoms with Crippen molar-refractivity contribution in [2.75, 3.05) is 25.5 Å². The van der Waals surface area contributed by atoms with Gasteiger partial charge in [-0.25, -0.2) is 0 Å². The van der Waals surface area contributed by atoms with Gasteiger partial charge in [0.25, 0.3) is 5.91 Å². The number of carbonyl (C=O) groups excluding carboxylic acids is 1. The van der Waals surface area contributed by atoms with Gasteiger partial charge >= 0.3 is 0 Å². The van der Waals surface area contributed by atoms with E-state index >= 15 is 0 Å². The van der Waals surface area contributed by atoms with Gasteiger partial charge in [-0.05, 0) is 61.2 Å². The fraction of sp³-hybridized carbons (Fsp3) is 0.417. The predicted molar refractivity (Wildman–Crippen MR) is 115 cm³/mol. The first-order valence-electron chi connectivity index (χ1n) is 10.4. The Kier molecular flexibility index (Phi) is 6.90. The highest BCUT2D eigenvalue weighted by molar-refractivity contribution is 6.07. The molecule has 2 aromatic rings. The number of nitrogens with zero attached hydrogens (tertiary/aromatic N) is 2. The third kappa shape index (κ3) is 4.78. The van der Waals surface area contributed by atoms with Gasteiger partial charge in [0.05, 0.1) is 23.8 Å². The van der Waals surface area contributed by atoms with Crippen molar-refractivity contribution in [2.24, 2.45) is 0 Å². The molecule has 0 bridgehead atoms. The summed E-state index contributed by atoms with van der Waals surface area (Å²) in [5.74, 6) is 0.319. The van der Waals surface area contributed by atoms with E-state index in [0.29, 0.717) is 29.9 Å². The topological polar surface area (TPSA) is 65.4 Å². The summed E-state index contributed by atoms with van der Waals surface area (Å²) in [6.07, 6.45) is 3.56. The van der Waals surface area contributed by atoms with E-state index in [1.165, 1.54) is 11.1 Å². The van der Waals surface area contributed by atoms with Crippen LogP contribution in [-0.2, 0) is 19.4 Å². The molecule has 0 aromatic heterocycles. The zero-order valence-electron chi connectivity index (χ0n) is 17.5. The third-order valence-corrected chi connectivity index (χ3v) is 5.41. The maximum absolute atomic E-state index is 13.2. The van der Waals surface area contributed by atoms with Gasteiger partial charge in [0.15, 0.2) is 0 Å². The number of fused-ring (bicyclic) bond motifs is 1. The number of ether oxygens (including phenoxy) is 1. The number of nitriles is 1. The molecule has 0 radical (unpaired) electrons. The van der Waals surface area contributed by atoms with Crippen LogP contribution in [0, 0.1) is 11.3 Å². The van der Waals surface area contributed by atoms with Gasteiger partial charge in [-0.2, -0.15) is 5.26 Å². The summed E-state index contributed by atoms with van der Waals surface area (Å²) in [5.41, 5.74) is 5.12. The Hall–Kier alpha value is -2.84. The van der Waals surface area contributed by atoms with E-state index in [4.69, 9.17) is 4.74 Å². The maximum atomic E-state index is 13.2. The molecule has 0 unspecified atom stereocenters. The lowest BCUT2D eigenvalue weighted by atomic mass is 9.97. The van der Waals surface area contributed by atoms with Crippen molar-refractivity contribution in [2.45, 2.75) is 46.1 Å². The van der Waals surface area contributed by atoms with Crippen LogP contribution < -0.4 is 10.1 Å². The quantitative estimate of drug-likeness (QED) is 0.704. The molecule has 1 heterocycles. The number of nitrogens with one attached hydrogen (secondary N) is 1. The first-order chi connectivity index (χ1) is 14.1. The van der Waals surface area contributed by atoms with Gasteiger partial charge in [0.2, 0.25) is 0 Å². The average molecular weight is 392 g/mol. The van der Waals surface area contributed by atoms with Crippen molar-refractivity contribution in [3.05, 3.63) is 58.1 Å². The number of anilines is 1. The minimum Gasteiger partial charge on any atom is -0.493 e. The highest BCUT2D eigenvalue weighted by Crippen LogP contribution is 2.29. The van der Waals surface area contributed by atoms with E-state index in [2.05, 4.69) is 36.3 Å². The minimum atomic E-state index is -0.233. The Morgan fingerprint density at radius 1 is 1.31 bits per heavy atom. The van der Waals surface area contributed by atoms with Crippen LogP contribution in [-0.4, -0.2) is 31.0 Å². The second kappa shape index (κ2) is 9.58. The summed E-state index contributed by atoms with van der Waals surface area (Å²) in [4.78, 5) is 15.4.